The molecule has 0 bridgehead atoms. The van der Waals surface area contributed by atoms with Crippen LogP contribution >= 0.6 is 0 Å². The summed E-state index contributed by atoms with van der Waals surface area (Å²) in [5.41, 5.74) is 1.53. The minimum Gasteiger partial charge on any atom is -0.456 e. The molecular weight excluding hydrogens is 325 g/mol. The number of hydrogen-bond donors (Lipinski definition) is 0. The fourth-order valence-corrected chi connectivity index (χ4v) is 3.75. The molecule has 1 aliphatic rings. The predicted octanol–water partition coefficient (Wildman–Crippen LogP) is 6.81. The first-order valence-corrected chi connectivity index (χ1v) is 8.69. The van der Waals surface area contributed by atoms with Crippen LogP contribution in [0.3, 0.4) is 0 Å². The average molecular weight is 344 g/mol. The van der Waals surface area contributed by atoms with Gasteiger partial charge in [-0.25, -0.2) is 13.2 Å². The Labute approximate surface area is 144 Å². The highest BCUT2D eigenvalue weighted by molar-refractivity contribution is 5.83. The first-order valence-electron chi connectivity index (χ1n) is 8.69. The van der Waals surface area contributed by atoms with E-state index in [1.807, 2.05) is 6.07 Å². The average Bonchev–Trinajstić information content (AvgIpc) is 2.98. The van der Waals surface area contributed by atoms with E-state index >= 15 is 0 Å². The molecule has 130 valence electrons. The second-order valence-electron chi connectivity index (χ2n) is 7.11. The monoisotopic (exact) mass is 344 g/mol. The van der Waals surface area contributed by atoms with E-state index in [0.29, 0.717) is 16.9 Å². The van der Waals surface area contributed by atoms with Gasteiger partial charge >= 0.3 is 0 Å². The molecule has 4 rings (SSSR count). The summed E-state index contributed by atoms with van der Waals surface area (Å²) in [5.74, 6) is -0.856. The van der Waals surface area contributed by atoms with E-state index in [2.05, 4.69) is 6.92 Å². The number of fused-ring (bicyclic) bond motifs is 1. The second kappa shape index (κ2) is 6.25. The highest BCUT2D eigenvalue weighted by atomic mass is 19.2. The molecule has 0 amide bonds. The molecule has 0 N–H and O–H groups in total. The third-order valence-corrected chi connectivity index (χ3v) is 5.31. The molecule has 0 unspecified atom stereocenters. The molecule has 1 aromatic heterocycles. The van der Waals surface area contributed by atoms with Crippen molar-refractivity contribution in [1.82, 2.24) is 0 Å². The van der Waals surface area contributed by atoms with Crippen LogP contribution in [0.25, 0.3) is 22.3 Å². The zero-order chi connectivity index (χ0) is 17.6. The van der Waals surface area contributed by atoms with Crippen LogP contribution in [0.4, 0.5) is 13.2 Å². The standard InChI is InChI=1S/C21H19F3O/c1-12-2-4-13(5-3-12)14-6-7-16(17(22)8-14)21-10-15-9-18(23)19(24)11-20(15)25-21/h6-13H,2-5H2,1H3. The Morgan fingerprint density at radius 1 is 0.840 bits per heavy atom. The molecule has 25 heavy (non-hydrogen) atoms. The number of halogens is 3. The van der Waals surface area contributed by atoms with Crippen LogP contribution in [0, 0.1) is 23.4 Å². The normalized spacial score (nSPS) is 21.0. The summed E-state index contributed by atoms with van der Waals surface area (Å²) in [4.78, 5) is 0. The summed E-state index contributed by atoms with van der Waals surface area (Å²) in [5, 5.41) is 0.415. The maximum atomic E-state index is 14.6. The lowest BCUT2D eigenvalue weighted by atomic mass is 9.79. The van der Waals surface area contributed by atoms with Gasteiger partial charge < -0.3 is 4.42 Å². The summed E-state index contributed by atoms with van der Waals surface area (Å²) in [6.45, 7) is 2.26. The Balaban J connectivity index is 1.67. The molecule has 1 heterocycles. The van der Waals surface area contributed by atoms with E-state index in [4.69, 9.17) is 4.42 Å². The summed E-state index contributed by atoms with van der Waals surface area (Å²) in [7, 11) is 0. The molecule has 0 spiro atoms. The van der Waals surface area contributed by atoms with Crippen molar-refractivity contribution in [2.24, 2.45) is 5.92 Å². The van der Waals surface area contributed by atoms with E-state index in [9.17, 15) is 13.2 Å². The van der Waals surface area contributed by atoms with Crippen molar-refractivity contribution in [1.29, 1.82) is 0 Å². The van der Waals surface area contributed by atoms with Gasteiger partial charge in [0.1, 0.15) is 17.2 Å². The van der Waals surface area contributed by atoms with E-state index in [-0.39, 0.29) is 17.2 Å². The fraction of sp³-hybridized carbons (Fsp3) is 0.333. The maximum absolute atomic E-state index is 14.6. The summed E-state index contributed by atoms with van der Waals surface area (Å²) >= 11 is 0. The molecule has 4 heteroatoms. The largest absolute Gasteiger partial charge is 0.456 e. The van der Waals surface area contributed by atoms with Gasteiger partial charge in [0.15, 0.2) is 11.6 Å². The molecular formula is C21H19F3O. The minimum atomic E-state index is -0.976. The van der Waals surface area contributed by atoms with E-state index in [1.165, 1.54) is 18.9 Å². The van der Waals surface area contributed by atoms with Crippen molar-refractivity contribution in [3.05, 3.63) is 59.4 Å². The highest BCUT2D eigenvalue weighted by Gasteiger charge is 2.21. The number of rotatable bonds is 2. The van der Waals surface area contributed by atoms with Crippen LogP contribution < -0.4 is 0 Å². The molecule has 3 aromatic rings. The van der Waals surface area contributed by atoms with Gasteiger partial charge in [0.2, 0.25) is 0 Å². The molecule has 0 atom stereocenters. The van der Waals surface area contributed by atoms with E-state index in [0.717, 1.165) is 36.5 Å². The Bertz CT molecular complexity index is 881. The summed E-state index contributed by atoms with van der Waals surface area (Å²) in [6.07, 6.45) is 4.52. The van der Waals surface area contributed by atoms with Crippen LogP contribution in [0.15, 0.2) is 40.8 Å². The third kappa shape index (κ3) is 3.06. The van der Waals surface area contributed by atoms with Gasteiger partial charge in [-0.15, -0.1) is 0 Å². The lowest BCUT2D eigenvalue weighted by molar-refractivity contribution is 0.347. The lowest BCUT2D eigenvalue weighted by Gasteiger charge is -2.26. The Kier molecular flexibility index (Phi) is 4.06. The van der Waals surface area contributed by atoms with Gasteiger partial charge in [-0.3, -0.25) is 0 Å². The molecule has 2 aromatic carbocycles. The van der Waals surface area contributed by atoms with Gasteiger partial charge in [0.05, 0.1) is 5.56 Å². The first kappa shape index (κ1) is 16.2. The van der Waals surface area contributed by atoms with Crippen LogP contribution in [-0.2, 0) is 0 Å². The van der Waals surface area contributed by atoms with Gasteiger partial charge in [-0.1, -0.05) is 25.8 Å². The lowest BCUT2D eigenvalue weighted by Crippen LogP contribution is -2.11. The minimum absolute atomic E-state index is 0.207. The van der Waals surface area contributed by atoms with Crippen molar-refractivity contribution >= 4 is 11.0 Å². The number of furan rings is 1. The highest BCUT2D eigenvalue weighted by Crippen LogP contribution is 2.37. The number of benzene rings is 2. The second-order valence-corrected chi connectivity index (χ2v) is 7.11. The quantitative estimate of drug-likeness (QED) is 0.497. The molecule has 1 fully saturated rings. The van der Waals surface area contributed by atoms with Gasteiger partial charge in [-0.2, -0.15) is 0 Å². The Hall–Kier alpha value is -2.23. The smallest absolute Gasteiger partial charge is 0.162 e. The first-order chi connectivity index (χ1) is 12.0. The van der Waals surface area contributed by atoms with E-state index in [1.54, 1.807) is 12.1 Å². The predicted molar refractivity (Wildman–Crippen MR) is 91.9 cm³/mol. The zero-order valence-electron chi connectivity index (χ0n) is 14.0. The van der Waals surface area contributed by atoms with Crippen LogP contribution in [-0.4, -0.2) is 0 Å². The van der Waals surface area contributed by atoms with Crippen molar-refractivity contribution in [3.8, 4) is 11.3 Å². The van der Waals surface area contributed by atoms with Crippen LogP contribution in [0.2, 0.25) is 0 Å². The molecule has 0 radical (unpaired) electrons. The topological polar surface area (TPSA) is 13.1 Å². The van der Waals surface area contributed by atoms with Crippen LogP contribution in [0.5, 0.6) is 0 Å². The fourth-order valence-electron chi connectivity index (χ4n) is 3.75. The maximum Gasteiger partial charge on any atom is 0.162 e. The van der Waals surface area contributed by atoms with Gasteiger partial charge in [0.25, 0.3) is 0 Å². The van der Waals surface area contributed by atoms with E-state index < -0.39 is 11.6 Å². The molecule has 1 aliphatic carbocycles. The molecule has 0 saturated heterocycles. The SMILES string of the molecule is CC1CCC(c2ccc(-c3cc4cc(F)c(F)cc4o3)c(F)c2)CC1. The Morgan fingerprint density at radius 3 is 2.28 bits per heavy atom. The van der Waals surface area contributed by atoms with Crippen molar-refractivity contribution < 1.29 is 17.6 Å². The molecule has 1 saturated carbocycles. The molecule has 1 nitrogen and oxygen atoms in total. The van der Waals surface area contributed by atoms with Gasteiger partial charge in [0, 0.05) is 11.5 Å². The summed E-state index contributed by atoms with van der Waals surface area (Å²) in [6, 6.07) is 8.81. The van der Waals surface area contributed by atoms with Crippen LogP contribution in [0.1, 0.15) is 44.1 Å². The van der Waals surface area contributed by atoms with Gasteiger partial charge in [-0.05, 0) is 54.5 Å². The third-order valence-electron chi connectivity index (χ3n) is 5.31. The van der Waals surface area contributed by atoms with Crippen molar-refractivity contribution in [2.75, 3.05) is 0 Å². The molecule has 0 aliphatic heterocycles. The number of hydrogen-bond acceptors (Lipinski definition) is 1. The Morgan fingerprint density at radius 2 is 1.56 bits per heavy atom. The van der Waals surface area contributed by atoms with Crippen molar-refractivity contribution in [2.45, 2.75) is 38.5 Å². The van der Waals surface area contributed by atoms with Crippen molar-refractivity contribution in [3.63, 3.8) is 0 Å². The zero-order valence-corrected chi connectivity index (χ0v) is 14.0. The summed E-state index contributed by atoms with van der Waals surface area (Å²) < 4.78 is 46.8.